The Morgan fingerprint density at radius 2 is 0.906 bits per heavy atom. The summed E-state index contributed by atoms with van der Waals surface area (Å²) in [6.07, 6.45) is -4.79. The zero-order valence-electron chi connectivity index (χ0n) is 54.9. The van der Waals surface area contributed by atoms with E-state index >= 15 is 9.59 Å². The van der Waals surface area contributed by atoms with Crippen molar-refractivity contribution in [3.63, 3.8) is 0 Å². The molecule has 0 aromatic heterocycles. The fourth-order valence-electron chi connectivity index (χ4n) is 13.5. The number of esters is 4. The molecule has 4 fully saturated rings. The first kappa shape index (κ1) is 69.5. The number of unbranched alkanes of at least 4 members (excludes halogenated alkanes) is 1. The Bertz CT molecular complexity index is 3440. The number of hydrogen-bond acceptors (Lipinski definition) is 16. The third-order valence-corrected chi connectivity index (χ3v) is 18.6. The van der Waals surface area contributed by atoms with E-state index in [1.807, 2.05) is 128 Å². The van der Waals surface area contributed by atoms with Crippen LogP contribution in [0.2, 0.25) is 0 Å². The van der Waals surface area contributed by atoms with Crippen molar-refractivity contribution in [2.75, 3.05) is 6.61 Å². The molecule has 2 saturated carbocycles. The maximum Gasteiger partial charge on any atom is 0.338 e. The largest absolute Gasteiger partial charge is 0.459 e. The lowest BCUT2D eigenvalue weighted by Gasteiger charge is -2.49. The van der Waals surface area contributed by atoms with Gasteiger partial charge >= 0.3 is 23.9 Å². The quantitative estimate of drug-likeness (QED) is 0.0306. The van der Waals surface area contributed by atoms with Crippen molar-refractivity contribution >= 4 is 23.9 Å². The highest BCUT2D eigenvalue weighted by molar-refractivity contribution is 5.90. The Labute approximate surface area is 564 Å². The summed E-state index contributed by atoms with van der Waals surface area (Å²) in [5.74, 6) is -2.93. The molecule has 0 N–H and O–H groups in total. The number of carbonyl (C=O) groups is 4. The molecule has 2 aliphatic carbocycles. The van der Waals surface area contributed by atoms with Crippen LogP contribution in [0, 0.1) is 11.8 Å². The third kappa shape index (κ3) is 19.4. The maximum absolute atomic E-state index is 15.1. The van der Waals surface area contributed by atoms with Crippen LogP contribution in [0.1, 0.15) is 144 Å². The minimum Gasteiger partial charge on any atom is -0.459 e. The lowest BCUT2D eigenvalue weighted by Crippen LogP contribution is -2.65. The summed E-state index contributed by atoms with van der Waals surface area (Å²) >= 11 is 0. The summed E-state index contributed by atoms with van der Waals surface area (Å²) in [6, 6.07) is 64.7. The predicted octanol–water partition coefficient (Wildman–Crippen LogP) is 14.7. The highest BCUT2D eigenvalue weighted by atomic mass is 16.8. The van der Waals surface area contributed by atoms with Crippen LogP contribution in [-0.2, 0) is 88.1 Å². The molecule has 14 atom stereocenters. The fourth-order valence-corrected chi connectivity index (χ4v) is 13.5. The van der Waals surface area contributed by atoms with Gasteiger partial charge in [-0.25, -0.2) is 19.2 Å². The van der Waals surface area contributed by atoms with Gasteiger partial charge in [-0.3, -0.25) is 0 Å². The Kier molecular flexibility index (Phi) is 26.0. The molecule has 7 aromatic rings. The highest BCUT2D eigenvalue weighted by Gasteiger charge is 2.56. The Morgan fingerprint density at radius 3 is 1.44 bits per heavy atom. The van der Waals surface area contributed by atoms with Crippen molar-refractivity contribution in [2.45, 2.75) is 197 Å². The molecule has 0 amide bonds. The summed E-state index contributed by atoms with van der Waals surface area (Å²) in [5.41, 5.74) is 4.31. The van der Waals surface area contributed by atoms with Crippen LogP contribution in [0.25, 0.3) is 0 Å². The number of ether oxygens (including phenoxy) is 12. The molecule has 506 valence electrons. The van der Waals surface area contributed by atoms with Gasteiger partial charge in [0.15, 0.2) is 30.9 Å². The SMILES string of the molecule is CCCC[C@H]1CCC[C@@H](O[C@@H]2O[C@H](COC(=O)c3ccccc3)[C@H](OC(=O)c3ccccc3)[C@H](O[C@@H](CC3CCCCC3)C(=O)OCc3ccccc3)[C@H]2OC(=O)c2ccccc2)[C@@H]1O[C@H]1O[C@H](C)[C@H](OCc2ccccc2)[C@H](OCc2ccccc2)[C@H]1OCc1ccccc1. The molecular formula is C80H90O16. The van der Waals surface area contributed by atoms with Crippen molar-refractivity contribution in [3.05, 3.63) is 251 Å². The Hall–Kier alpha value is -7.90. The van der Waals surface area contributed by atoms with E-state index in [0.717, 1.165) is 86.5 Å². The molecule has 16 nitrogen and oxygen atoms in total. The van der Waals surface area contributed by atoms with E-state index < -0.39 is 110 Å². The molecule has 2 saturated heterocycles. The van der Waals surface area contributed by atoms with Gasteiger partial charge in [0.05, 0.1) is 54.8 Å². The predicted molar refractivity (Wildman–Crippen MR) is 359 cm³/mol. The topological polar surface area (TPSA) is 179 Å². The first-order valence-electron chi connectivity index (χ1n) is 34.3. The highest BCUT2D eigenvalue weighted by Crippen LogP contribution is 2.41. The molecule has 2 aliphatic heterocycles. The van der Waals surface area contributed by atoms with Gasteiger partial charge in [0.2, 0.25) is 0 Å². The number of carbonyl (C=O) groups excluding carboxylic acids is 4. The second-order valence-electron chi connectivity index (χ2n) is 25.5. The first-order valence-corrected chi connectivity index (χ1v) is 34.3. The monoisotopic (exact) mass is 1310 g/mol. The smallest absolute Gasteiger partial charge is 0.338 e. The van der Waals surface area contributed by atoms with Crippen molar-refractivity contribution in [3.8, 4) is 0 Å². The van der Waals surface area contributed by atoms with Gasteiger partial charge in [0.1, 0.15) is 43.7 Å². The summed E-state index contributed by atoms with van der Waals surface area (Å²) in [7, 11) is 0. The van der Waals surface area contributed by atoms with Crippen molar-refractivity contribution in [1.29, 1.82) is 0 Å². The van der Waals surface area contributed by atoms with E-state index in [1.54, 1.807) is 91.0 Å². The molecule has 0 spiro atoms. The molecule has 0 bridgehead atoms. The van der Waals surface area contributed by atoms with E-state index in [9.17, 15) is 9.59 Å². The van der Waals surface area contributed by atoms with Gasteiger partial charge in [0, 0.05) is 0 Å². The maximum atomic E-state index is 15.1. The van der Waals surface area contributed by atoms with Crippen LogP contribution >= 0.6 is 0 Å². The zero-order valence-corrected chi connectivity index (χ0v) is 54.9. The fraction of sp³-hybridized carbons (Fsp3) is 0.425. The number of benzene rings is 7. The number of hydrogen-bond donors (Lipinski definition) is 0. The second-order valence-corrected chi connectivity index (χ2v) is 25.5. The average Bonchev–Trinajstić information content (AvgIpc) is 0.784. The van der Waals surface area contributed by atoms with Gasteiger partial charge in [-0.1, -0.05) is 234 Å². The zero-order chi connectivity index (χ0) is 66.3. The van der Waals surface area contributed by atoms with Gasteiger partial charge in [-0.05, 0) is 103 Å². The van der Waals surface area contributed by atoms with Gasteiger partial charge in [-0.15, -0.1) is 0 Å². The first-order chi connectivity index (χ1) is 47.1. The van der Waals surface area contributed by atoms with Crippen LogP contribution in [0.3, 0.4) is 0 Å². The van der Waals surface area contributed by atoms with Crippen LogP contribution in [0.4, 0.5) is 0 Å². The summed E-state index contributed by atoms with van der Waals surface area (Å²) in [6.45, 7) is 4.31. The van der Waals surface area contributed by atoms with Gasteiger partial charge < -0.3 is 56.8 Å². The minimum absolute atomic E-state index is 0.0498. The summed E-state index contributed by atoms with van der Waals surface area (Å²) in [5, 5.41) is 0. The molecule has 0 unspecified atom stereocenters. The van der Waals surface area contributed by atoms with Crippen LogP contribution in [0.5, 0.6) is 0 Å². The molecule has 4 aliphatic rings. The van der Waals surface area contributed by atoms with E-state index in [0.29, 0.717) is 6.42 Å². The van der Waals surface area contributed by atoms with E-state index in [4.69, 9.17) is 56.8 Å². The van der Waals surface area contributed by atoms with Crippen LogP contribution in [0.15, 0.2) is 212 Å². The molecule has 16 heteroatoms. The summed E-state index contributed by atoms with van der Waals surface area (Å²) in [4.78, 5) is 59.0. The second kappa shape index (κ2) is 35.9. The Morgan fingerprint density at radius 1 is 0.438 bits per heavy atom. The lowest BCUT2D eigenvalue weighted by atomic mass is 9.81. The van der Waals surface area contributed by atoms with E-state index in [1.165, 1.54) is 0 Å². The van der Waals surface area contributed by atoms with Gasteiger partial charge in [-0.2, -0.15) is 0 Å². The average molecular weight is 1310 g/mol. The van der Waals surface area contributed by atoms with Crippen LogP contribution in [-0.4, -0.2) is 110 Å². The standard InChI is InChI=1S/C80H90O16/c1-3-4-40-61-47-29-48-65(69(61)96-79-73(87-52-59-36-19-8-20-37-59)71(86-51-58-34-17-7-18-35-58)68(55(2)90-79)85-50-57-32-15-6-16-33-57)92-80-74(95-77(83)64-45-27-12-28-46-64)72(91-66(49-56-30-13-5-14-31-56)78(84)88-53-60-38-21-9-22-39-60)70(94-76(82)63-43-25-11-26-44-63)67(93-80)54-89-75(81)62-41-23-10-24-42-62/h6-12,15-28,32-39,41-46,55-56,61,65-74,79-80H,3-5,13-14,29-31,40,47-54H2,1-2H3/t55-,61+,65-,66+,67-,68+,69-,70+,71+,72+,73-,74-,79-,80-/m1/s1. The lowest BCUT2D eigenvalue weighted by molar-refractivity contribution is -0.356. The van der Waals surface area contributed by atoms with Crippen LogP contribution < -0.4 is 0 Å². The third-order valence-electron chi connectivity index (χ3n) is 18.6. The van der Waals surface area contributed by atoms with Crippen molar-refractivity contribution < 1.29 is 76.0 Å². The molecule has 96 heavy (non-hydrogen) atoms. The molecule has 7 aromatic carbocycles. The van der Waals surface area contributed by atoms with Gasteiger partial charge in [0.25, 0.3) is 0 Å². The van der Waals surface area contributed by atoms with Crippen molar-refractivity contribution in [1.82, 2.24) is 0 Å². The van der Waals surface area contributed by atoms with E-state index in [2.05, 4.69) is 6.92 Å². The number of rotatable bonds is 30. The minimum atomic E-state index is -1.58. The molecule has 0 radical (unpaired) electrons. The molecule has 11 rings (SSSR count). The van der Waals surface area contributed by atoms with E-state index in [-0.39, 0.29) is 61.4 Å². The molecular weight excluding hydrogens is 1220 g/mol. The van der Waals surface area contributed by atoms with Crippen molar-refractivity contribution in [2.24, 2.45) is 11.8 Å². The Balaban J connectivity index is 0.997. The normalized spacial score (nSPS) is 25.6. The summed E-state index contributed by atoms with van der Waals surface area (Å²) < 4.78 is 83.3. The molecule has 2 heterocycles.